The summed E-state index contributed by atoms with van der Waals surface area (Å²) in [5.41, 5.74) is 5.23. The number of aromatic nitrogens is 3. The second kappa shape index (κ2) is 9.80. The van der Waals surface area contributed by atoms with E-state index in [0.717, 1.165) is 67.6 Å². The van der Waals surface area contributed by atoms with Crippen molar-refractivity contribution in [1.29, 1.82) is 0 Å². The first-order valence-electron chi connectivity index (χ1n) is 13.6. The van der Waals surface area contributed by atoms with Gasteiger partial charge in [0.25, 0.3) is 0 Å². The molecule has 1 aromatic carbocycles. The van der Waals surface area contributed by atoms with E-state index >= 15 is 4.39 Å². The number of fused-ring (bicyclic) bond motifs is 1. The molecule has 2 fully saturated rings. The molecule has 7 rings (SSSR count). The lowest BCUT2D eigenvalue weighted by molar-refractivity contribution is 0.410. The molecule has 2 aliphatic heterocycles. The van der Waals surface area contributed by atoms with E-state index in [1.165, 1.54) is 18.4 Å². The fourth-order valence-corrected chi connectivity index (χ4v) is 5.48. The number of nitrogens with zero attached hydrogens (tertiary/aromatic N) is 6. The Labute approximate surface area is 227 Å². The summed E-state index contributed by atoms with van der Waals surface area (Å²) in [7, 11) is 0. The van der Waals surface area contributed by atoms with E-state index in [9.17, 15) is 0 Å². The van der Waals surface area contributed by atoms with Gasteiger partial charge in [0, 0.05) is 55.9 Å². The maximum atomic E-state index is 15.4. The number of hydrogen-bond donors (Lipinski definition) is 1. The van der Waals surface area contributed by atoms with Crippen molar-refractivity contribution >= 4 is 29.2 Å². The standard InChI is InChI=1S/C30H30FN7O/c1-19-14-21-4-5-25(29(31)24(21)15-19)39-30-35-27(34-26-16-22(18-33-26)20-2-3-20)17-28(36-30)38-12-10-37(11-13-38)23-6-8-32-9-7-23/h4-9,15-17,20H,2-3,10-14,18H2,1H3,(H,33,34,35,36). The number of amidine groups is 1. The van der Waals surface area contributed by atoms with Gasteiger partial charge in [0.2, 0.25) is 0 Å². The Hall–Kier alpha value is -4.27. The van der Waals surface area contributed by atoms with Crippen molar-refractivity contribution in [3.05, 3.63) is 76.9 Å². The normalized spacial score (nSPS) is 18.5. The van der Waals surface area contributed by atoms with Crippen LogP contribution in [0.3, 0.4) is 0 Å². The molecule has 9 heteroatoms. The molecule has 8 nitrogen and oxygen atoms in total. The summed E-state index contributed by atoms with van der Waals surface area (Å²) >= 11 is 0. The zero-order valence-corrected chi connectivity index (χ0v) is 21.9. The molecule has 1 saturated heterocycles. The van der Waals surface area contributed by atoms with Gasteiger partial charge < -0.3 is 19.9 Å². The highest BCUT2D eigenvalue weighted by Gasteiger charge is 2.28. The number of pyridine rings is 1. The van der Waals surface area contributed by atoms with Crippen LogP contribution in [0.15, 0.2) is 64.9 Å². The minimum atomic E-state index is -0.379. The van der Waals surface area contributed by atoms with E-state index < -0.39 is 0 Å². The lowest BCUT2D eigenvalue weighted by Crippen LogP contribution is -2.46. The number of hydrogen-bond acceptors (Lipinski definition) is 8. The van der Waals surface area contributed by atoms with Crippen LogP contribution in [0, 0.1) is 11.7 Å². The van der Waals surface area contributed by atoms with E-state index in [4.69, 9.17) is 9.72 Å². The average Bonchev–Trinajstić information content (AvgIpc) is 3.58. The maximum Gasteiger partial charge on any atom is 0.326 e. The van der Waals surface area contributed by atoms with Crippen molar-refractivity contribution in [3.8, 4) is 11.8 Å². The molecule has 2 aliphatic carbocycles. The second-order valence-corrected chi connectivity index (χ2v) is 10.6. The van der Waals surface area contributed by atoms with Crippen LogP contribution < -0.4 is 19.9 Å². The molecule has 0 atom stereocenters. The Bertz CT molecular complexity index is 1510. The number of nitrogens with one attached hydrogen (secondary N) is 1. The number of allylic oxidation sites excluding steroid dienone is 1. The predicted molar refractivity (Wildman–Crippen MR) is 151 cm³/mol. The highest BCUT2D eigenvalue weighted by Crippen LogP contribution is 2.38. The number of anilines is 3. The van der Waals surface area contributed by atoms with Crippen LogP contribution in [0.1, 0.15) is 30.9 Å². The molecule has 3 aromatic rings. The summed E-state index contributed by atoms with van der Waals surface area (Å²) in [6.07, 6.45) is 10.9. The zero-order valence-electron chi connectivity index (χ0n) is 21.9. The molecule has 0 radical (unpaired) electrons. The Morgan fingerprint density at radius 3 is 2.56 bits per heavy atom. The number of piperazine rings is 1. The molecule has 0 spiro atoms. The molecule has 4 heterocycles. The Morgan fingerprint density at radius 1 is 0.974 bits per heavy atom. The third-order valence-electron chi connectivity index (χ3n) is 7.73. The van der Waals surface area contributed by atoms with Gasteiger partial charge in [0.1, 0.15) is 17.5 Å². The second-order valence-electron chi connectivity index (χ2n) is 10.6. The molecular weight excluding hydrogens is 493 g/mol. The van der Waals surface area contributed by atoms with E-state index in [1.807, 2.05) is 49.7 Å². The van der Waals surface area contributed by atoms with Gasteiger partial charge in [-0.1, -0.05) is 17.7 Å². The van der Waals surface area contributed by atoms with Crippen LogP contribution in [0.4, 0.5) is 21.7 Å². The van der Waals surface area contributed by atoms with Gasteiger partial charge >= 0.3 is 6.01 Å². The number of ether oxygens (including phenoxy) is 1. The first-order valence-corrected chi connectivity index (χ1v) is 13.6. The molecule has 0 bridgehead atoms. The quantitative estimate of drug-likeness (QED) is 0.473. The van der Waals surface area contributed by atoms with Gasteiger partial charge in [0.15, 0.2) is 11.6 Å². The van der Waals surface area contributed by atoms with E-state index in [0.29, 0.717) is 17.3 Å². The minimum Gasteiger partial charge on any atom is -0.421 e. The summed E-state index contributed by atoms with van der Waals surface area (Å²) < 4.78 is 21.4. The molecule has 1 saturated carbocycles. The largest absolute Gasteiger partial charge is 0.421 e. The van der Waals surface area contributed by atoms with Gasteiger partial charge in [-0.15, -0.1) is 0 Å². The maximum absolute atomic E-state index is 15.4. The lowest BCUT2D eigenvalue weighted by Gasteiger charge is -2.36. The number of rotatable bonds is 6. The highest BCUT2D eigenvalue weighted by atomic mass is 19.1. The third kappa shape index (κ3) is 4.96. The third-order valence-corrected chi connectivity index (χ3v) is 7.73. The molecule has 2 aromatic heterocycles. The van der Waals surface area contributed by atoms with Crippen LogP contribution in [-0.2, 0) is 6.42 Å². The van der Waals surface area contributed by atoms with Gasteiger partial charge in [-0.25, -0.2) is 4.39 Å². The first kappa shape index (κ1) is 23.8. The molecule has 4 aliphatic rings. The summed E-state index contributed by atoms with van der Waals surface area (Å²) in [5, 5.41) is 3.35. The predicted octanol–water partition coefficient (Wildman–Crippen LogP) is 5.25. The van der Waals surface area contributed by atoms with Crippen molar-refractivity contribution in [2.75, 3.05) is 47.8 Å². The van der Waals surface area contributed by atoms with Crippen LogP contribution in [0.2, 0.25) is 0 Å². The molecule has 0 unspecified atom stereocenters. The first-order chi connectivity index (χ1) is 19.1. The van der Waals surface area contributed by atoms with Crippen molar-refractivity contribution in [1.82, 2.24) is 15.0 Å². The molecular formula is C30H30FN7O. The lowest BCUT2D eigenvalue weighted by atomic mass is 10.1. The fraction of sp³-hybridized carbons (Fsp3) is 0.333. The Kier molecular flexibility index (Phi) is 5.98. The SMILES string of the molecule is CC1=Cc2c(ccc(Oc3nc(NC4=NCC(C5CC5)=C4)cc(N4CCN(c5ccncc5)CC4)n3)c2F)C1. The van der Waals surface area contributed by atoms with Crippen LogP contribution >= 0.6 is 0 Å². The summed E-state index contributed by atoms with van der Waals surface area (Å²) in [6.45, 7) is 5.99. The van der Waals surface area contributed by atoms with Gasteiger partial charge in [0.05, 0.1) is 6.54 Å². The highest BCUT2D eigenvalue weighted by molar-refractivity contribution is 6.05. The van der Waals surface area contributed by atoms with Gasteiger partial charge in [-0.2, -0.15) is 9.97 Å². The number of benzene rings is 1. The minimum absolute atomic E-state index is 0.106. The fourth-order valence-electron chi connectivity index (χ4n) is 5.48. The van der Waals surface area contributed by atoms with Gasteiger partial charge in [-0.3, -0.25) is 9.98 Å². The summed E-state index contributed by atoms with van der Waals surface area (Å²) in [4.78, 5) is 22.6. The topological polar surface area (TPSA) is 78.8 Å². The van der Waals surface area contributed by atoms with Crippen LogP contribution in [0.5, 0.6) is 11.8 Å². The summed E-state index contributed by atoms with van der Waals surface area (Å²) in [5.74, 6) is 2.52. The van der Waals surface area contributed by atoms with Crippen molar-refractivity contribution in [2.24, 2.45) is 10.9 Å². The van der Waals surface area contributed by atoms with Crippen LogP contribution in [-0.4, -0.2) is 53.5 Å². The molecule has 198 valence electrons. The van der Waals surface area contributed by atoms with E-state index in [2.05, 4.69) is 36.2 Å². The number of halogens is 1. The van der Waals surface area contributed by atoms with Gasteiger partial charge in [-0.05, 0) is 67.5 Å². The monoisotopic (exact) mass is 523 g/mol. The van der Waals surface area contributed by atoms with Crippen LogP contribution in [0.25, 0.3) is 6.08 Å². The van der Waals surface area contributed by atoms with E-state index in [-0.39, 0.29) is 17.6 Å². The van der Waals surface area contributed by atoms with Crippen molar-refractivity contribution in [2.45, 2.75) is 26.2 Å². The Morgan fingerprint density at radius 2 is 1.77 bits per heavy atom. The smallest absolute Gasteiger partial charge is 0.326 e. The van der Waals surface area contributed by atoms with Crippen molar-refractivity contribution < 1.29 is 9.13 Å². The number of aliphatic imine (C=N–C) groups is 1. The zero-order chi connectivity index (χ0) is 26.3. The van der Waals surface area contributed by atoms with E-state index in [1.54, 1.807) is 6.07 Å². The Balaban J connectivity index is 1.16. The molecule has 1 N–H and O–H groups in total. The average molecular weight is 524 g/mol. The molecule has 39 heavy (non-hydrogen) atoms. The molecule has 0 amide bonds. The summed E-state index contributed by atoms with van der Waals surface area (Å²) in [6, 6.07) is 9.67. The van der Waals surface area contributed by atoms with Crippen molar-refractivity contribution in [3.63, 3.8) is 0 Å².